The van der Waals surface area contributed by atoms with Gasteiger partial charge < -0.3 is 20.1 Å². The van der Waals surface area contributed by atoms with E-state index in [1.165, 1.54) is 24.3 Å². The fourth-order valence-electron chi connectivity index (χ4n) is 3.80. The topological polar surface area (TPSA) is 120 Å². The summed E-state index contributed by atoms with van der Waals surface area (Å²) in [5.41, 5.74) is 4.35. The number of rotatable bonds is 6. The summed E-state index contributed by atoms with van der Waals surface area (Å²) >= 11 is 0. The Morgan fingerprint density at radius 2 is 1.45 bits per heavy atom. The molecular formula is C24H21N3O6. The van der Waals surface area contributed by atoms with Crippen molar-refractivity contribution in [2.75, 3.05) is 6.61 Å². The number of carbonyl (C=O) groups excluding carboxylic acids is 2. The van der Waals surface area contributed by atoms with Crippen molar-refractivity contribution in [2.24, 2.45) is 0 Å². The predicted octanol–water partition coefficient (Wildman–Crippen LogP) is 4.57. The summed E-state index contributed by atoms with van der Waals surface area (Å²) in [5, 5.41) is 15.7. The standard InChI is InChI=1S/C24H21N3O6/c1-15(26-24(29)33-17-12-10-16(11-13-17)27(30)31)25-23(28)32-14-22-20-8-4-2-6-18(20)19-7-3-5-9-21(19)22/h2-13,15,22H,14H2,1H3,(H,25,28)(H,26,29)/t15-/m1/s1. The minimum atomic E-state index is -0.824. The number of ether oxygens (including phenoxy) is 2. The number of alkyl carbamates (subject to hydrolysis) is 1. The molecule has 1 aliphatic carbocycles. The molecule has 4 rings (SSSR count). The van der Waals surface area contributed by atoms with Gasteiger partial charge in [-0.2, -0.15) is 0 Å². The highest BCUT2D eigenvalue weighted by molar-refractivity contribution is 5.79. The zero-order chi connectivity index (χ0) is 23.4. The number of benzene rings is 3. The van der Waals surface area contributed by atoms with Gasteiger partial charge in [-0.1, -0.05) is 48.5 Å². The molecule has 0 aromatic heterocycles. The van der Waals surface area contributed by atoms with Crippen molar-refractivity contribution in [1.82, 2.24) is 10.6 Å². The molecule has 0 radical (unpaired) electrons. The van der Waals surface area contributed by atoms with Gasteiger partial charge in [0.25, 0.3) is 5.69 Å². The lowest BCUT2D eigenvalue weighted by Crippen LogP contribution is -2.47. The van der Waals surface area contributed by atoms with Gasteiger partial charge in [-0.25, -0.2) is 9.59 Å². The number of fused-ring (bicyclic) bond motifs is 3. The molecule has 1 aliphatic rings. The first kappa shape index (κ1) is 21.8. The number of non-ortho nitro benzene ring substituents is 1. The van der Waals surface area contributed by atoms with Gasteiger partial charge >= 0.3 is 12.2 Å². The maximum atomic E-state index is 12.3. The van der Waals surface area contributed by atoms with Crippen molar-refractivity contribution in [2.45, 2.75) is 19.0 Å². The monoisotopic (exact) mass is 447 g/mol. The number of nitro benzene ring substituents is 1. The Morgan fingerprint density at radius 1 is 0.909 bits per heavy atom. The van der Waals surface area contributed by atoms with Gasteiger partial charge in [0, 0.05) is 18.1 Å². The van der Waals surface area contributed by atoms with E-state index in [9.17, 15) is 19.7 Å². The van der Waals surface area contributed by atoms with E-state index in [0.717, 1.165) is 22.3 Å². The van der Waals surface area contributed by atoms with Crippen LogP contribution in [0.4, 0.5) is 15.3 Å². The normalized spacial score (nSPS) is 12.8. The Kier molecular flexibility index (Phi) is 6.21. The Hall–Kier alpha value is -4.40. The fraction of sp³-hybridized carbons (Fsp3) is 0.167. The molecule has 0 unspecified atom stereocenters. The average molecular weight is 447 g/mol. The number of nitrogens with one attached hydrogen (secondary N) is 2. The van der Waals surface area contributed by atoms with Gasteiger partial charge in [0.1, 0.15) is 18.5 Å². The molecule has 9 nitrogen and oxygen atoms in total. The molecule has 3 aromatic carbocycles. The lowest BCUT2D eigenvalue weighted by Gasteiger charge is -2.18. The van der Waals surface area contributed by atoms with E-state index in [1.807, 2.05) is 36.4 Å². The van der Waals surface area contributed by atoms with Gasteiger partial charge in [-0.3, -0.25) is 10.1 Å². The Labute approximate surface area is 189 Å². The highest BCUT2D eigenvalue weighted by Gasteiger charge is 2.29. The maximum absolute atomic E-state index is 12.3. The third kappa shape index (κ3) is 4.93. The van der Waals surface area contributed by atoms with Crippen LogP contribution in [-0.2, 0) is 4.74 Å². The van der Waals surface area contributed by atoms with Crippen LogP contribution in [0.3, 0.4) is 0 Å². The van der Waals surface area contributed by atoms with Crippen molar-refractivity contribution < 1.29 is 24.0 Å². The second-order valence-corrected chi connectivity index (χ2v) is 7.48. The molecule has 1 atom stereocenters. The van der Waals surface area contributed by atoms with Crippen molar-refractivity contribution >= 4 is 17.9 Å². The van der Waals surface area contributed by atoms with E-state index >= 15 is 0 Å². The minimum Gasteiger partial charge on any atom is -0.449 e. The smallest absolute Gasteiger partial charge is 0.414 e. The second-order valence-electron chi connectivity index (χ2n) is 7.48. The van der Waals surface area contributed by atoms with Gasteiger partial charge in [0.05, 0.1) is 4.92 Å². The van der Waals surface area contributed by atoms with Gasteiger partial charge in [-0.15, -0.1) is 0 Å². The fourth-order valence-corrected chi connectivity index (χ4v) is 3.80. The zero-order valence-corrected chi connectivity index (χ0v) is 17.7. The Balaban J connectivity index is 1.28. The molecule has 2 N–H and O–H groups in total. The summed E-state index contributed by atoms with van der Waals surface area (Å²) in [4.78, 5) is 34.4. The number of hydrogen-bond donors (Lipinski definition) is 2. The van der Waals surface area contributed by atoms with Crippen LogP contribution in [0.15, 0.2) is 72.8 Å². The van der Waals surface area contributed by atoms with Crippen molar-refractivity contribution in [3.63, 3.8) is 0 Å². The zero-order valence-electron chi connectivity index (χ0n) is 17.7. The first-order valence-corrected chi connectivity index (χ1v) is 10.3. The quantitative estimate of drug-likeness (QED) is 0.325. The first-order valence-electron chi connectivity index (χ1n) is 10.3. The minimum absolute atomic E-state index is 0.0708. The highest BCUT2D eigenvalue weighted by Crippen LogP contribution is 2.44. The molecule has 168 valence electrons. The van der Waals surface area contributed by atoms with E-state index in [0.29, 0.717) is 0 Å². The van der Waals surface area contributed by atoms with Crippen molar-refractivity contribution in [3.8, 4) is 16.9 Å². The van der Waals surface area contributed by atoms with Crippen LogP contribution in [0, 0.1) is 10.1 Å². The van der Waals surface area contributed by atoms with Gasteiger partial charge in [0.2, 0.25) is 0 Å². The van der Waals surface area contributed by atoms with E-state index in [1.54, 1.807) is 6.92 Å². The predicted molar refractivity (Wildman–Crippen MR) is 120 cm³/mol. The molecule has 9 heteroatoms. The summed E-state index contributed by atoms with van der Waals surface area (Å²) in [6.07, 6.45) is -2.28. The summed E-state index contributed by atoms with van der Waals surface area (Å²) in [7, 11) is 0. The van der Waals surface area contributed by atoms with Gasteiger partial charge in [-0.05, 0) is 41.3 Å². The third-order valence-corrected chi connectivity index (χ3v) is 5.27. The van der Waals surface area contributed by atoms with Crippen molar-refractivity contribution in [3.05, 3.63) is 94.0 Å². The van der Waals surface area contributed by atoms with Crippen LogP contribution in [0.2, 0.25) is 0 Å². The molecule has 0 bridgehead atoms. The van der Waals surface area contributed by atoms with Crippen LogP contribution >= 0.6 is 0 Å². The molecule has 3 aromatic rings. The molecule has 0 spiro atoms. The molecule has 0 aliphatic heterocycles. The summed E-state index contributed by atoms with van der Waals surface area (Å²) < 4.78 is 10.5. The van der Waals surface area contributed by atoms with E-state index < -0.39 is 23.3 Å². The molecule has 33 heavy (non-hydrogen) atoms. The summed E-state index contributed by atoms with van der Waals surface area (Å²) in [5.74, 6) is 0.0601. The molecule has 2 amide bonds. The molecular weight excluding hydrogens is 426 g/mol. The number of hydrogen-bond acceptors (Lipinski definition) is 6. The van der Waals surface area contributed by atoms with Gasteiger partial charge in [0.15, 0.2) is 0 Å². The van der Waals surface area contributed by atoms with Crippen LogP contribution in [0.5, 0.6) is 5.75 Å². The first-order chi connectivity index (χ1) is 15.9. The number of amides is 2. The second kappa shape index (κ2) is 9.39. The summed E-state index contributed by atoms with van der Waals surface area (Å²) in [6.45, 7) is 1.71. The van der Waals surface area contributed by atoms with Crippen LogP contribution < -0.4 is 15.4 Å². The molecule has 0 heterocycles. The number of nitrogens with zero attached hydrogens (tertiary/aromatic N) is 1. The van der Waals surface area contributed by atoms with Crippen LogP contribution in [-0.4, -0.2) is 29.9 Å². The third-order valence-electron chi connectivity index (χ3n) is 5.27. The lowest BCUT2D eigenvalue weighted by molar-refractivity contribution is -0.384. The number of carbonyl (C=O) groups is 2. The van der Waals surface area contributed by atoms with Crippen molar-refractivity contribution in [1.29, 1.82) is 0 Å². The number of nitro groups is 1. The average Bonchev–Trinajstić information content (AvgIpc) is 3.11. The highest BCUT2D eigenvalue weighted by atomic mass is 16.6. The largest absolute Gasteiger partial charge is 0.449 e. The Bertz CT molecular complexity index is 1150. The lowest BCUT2D eigenvalue weighted by atomic mass is 9.98. The van der Waals surface area contributed by atoms with E-state index in [2.05, 4.69) is 22.8 Å². The summed E-state index contributed by atoms with van der Waals surface area (Å²) in [6, 6.07) is 21.1. The SMILES string of the molecule is C[C@H](NC(=O)OCC1c2ccccc2-c2ccccc21)NC(=O)Oc1ccc([N+](=O)[O-])cc1. The molecule has 0 saturated heterocycles. The molecule has 0 saturated carbocycles. The van der Waals surface area contributed by atoms with E-state index in [4.69, 9.17) is 9.47 Å². The van der Waals surface area contributed by atoms with Crippen LogP contribution in [0.25, 0.3) is 11.1 Å². The maximum Gasteiger partial charge on any atom is 0.414 e. The molecule has 0 fully saturated rings. The van der Waals surface area contributed by atoms with Crippen LogP contribution in [0.1, 0.15) is 24.0 Å². The Morgan fingerprint density at radius 3 is 2.03 bits per heavy atom. The van der Waals surface area contributed by atoms with E-state index in [-0.39, 0.29) is 24.0 Å².